The third-order valence-corrected chi connectivity index (χ3v) is 7.06. The first kappa shape index (κ1) is 23.0. The Morgan fingerprint density at radius 2 is 1.80 bits per heavy atom. The molecule has 1 aromatic carbocycles. The molecule has 0 unspecified atom stereocenters. The fourth-order valence-electron chi connectivity index (χ4n) is 3.77. The second-order valence-electron chi connectivity index (χ2n) is 7.74. The first-order valence-corrected chi connectivity index (χ1v) is 12.1. The number of hydrogen-bond acceptors (Lipinski definition) is 5. The third-order valence-electron chi connectivity index (χ3n) is 5.39. The van der Waals surface area contributed by atoms with Crippen molar-refractivity contribution >= 4 is 33.4 Å². The molecule has 0 radical (unpaired) electrons. The Labute approximate surface area is 182 Å². The van der Waals surface area contributed by atoms with Crippen LogP contribution in [-0.4, -0.2) is 63.5 Å². The summed E-state index contributed by atoms with van der Waals surface area (Å²) in [6, 6.07) is 5.83. The van der Waals surface area contributed by atoms with Gasteiger partial charge in [0.05, 0.1) is 24.1 Å². The predicted octanol–water partition coefficient (Wildman–Crippen LogP) is 1.68. The number of amides is 2. The fourth-order valence-corrected chi connectivity index (χ4v) is 4.87. The van der Waals surface area contributed by atoms with Crippen LogP contribution in [-0.2, 0) is 24.3 Å². The molecule has 10 heteroatoms. The monoisotopic (exact) mass is 457 g/mol. The minimum Gasteiger partial charge on any atom is -0.376 e. The van der Waals surface area contributed by atoms with Gasteiger partial charge in [-0.3, -0.25) is 9.59 Å². The molecule has 1 aliphatic heterocycles. The summed E-state index contributed by atoms with van der Waals surface area (Å²) in [6.07, 6.45) is 5.67. The molecule has 166 valence electrons. The van der Waals surface area contributed by atoms with Gasteiger partial charge in [0.25, 0.3) is 0 Å². The number of nitrogens with one attached hydrogen (secondary N) is 2. The number of benzene rings is 1. The number of carbonyl (C=O) groups excluding carboxylic acids is 2. The zero-order valence-electron chi connectivity index (χ0n) is 16.8. The van der Waals surface area contributed by atoms with Crippen molar-refractivity contribution in [3.63, 3.8) is 0 Å². The number of hydrogen-bond donors (Lipinski definition) is 2. The summed E-state index contributed by atoms with van der Waals surface area (Å²) in [6.45, 7) is 0.343. The summed E-state index contributed by atoms with van der Waals surface area (Å²) in [5, 5.41) is 3.39. The van der Waals surface area contributed by atoms with Gasteiger partial charge in [-0.15, -0.1) is 0 Å². The second-order valence-corrected chi connectivity index (χ2v) is 9.94. The van der Waals surface area contributed by atoms with E-state index in [2.05, 4.69) is 10.0 Å². The average Bonchev–Trinajstić information content (AvgIpc) is 3.40. The maximum Gasteiger partial charge on any atom is 0.241 e. The third kappa shape index (κ3) is 6.66. The summed E-state index contributed by atoms with van der Waals surface area (Å²) in [5.74, 6) is -0.696. The van der Waals surface area contributed by atoms with Gasteiger partial charge in [-0.25, -0.2) is 13.1 Å². The van der Waals surface area contributed by atoms with Gasteiger partial charge in [0.2, 0.25) is 21.8 Å². The number of halogens is 1. The van der Waals surface area contributed by atoms with E-state index in [4.69, 9.17) is 16.3 Å². The largest absolute Gasteiger partial charge is 0.376 e. The van der Waals surface area contributed by atoms with Crippen LogP contribution in [0.4, 0.5) is 0 Å². The van der Waals surface area contributed by atoms with Crippen LogP contribution in [0.15, 0.2) is 29.2 Å². The number of nitrogens with zero attached hydrogens (tertiary/aromatic N) is 1. The van der Waals surface area contributed by atoms with Crippen molar-refractivity contribution < 1.29 is 22.7 Å². The summed E-state index contributed by atoms with van der Waals surface area (Å²) in [4.78, 5) is 26.6. The average molecular weight is 458 g/mol. The molecule has 0 bridgehead atoms. The van der Waals surface area contributed by atoms with E-state index < -0.39 is 22.5 Å². The van der Waals surface area contributed by atoms with Crippen LogP contribution in [0.5, 0.6) is 0 Å². The molecule has 2 N–H and O–H groups in total. The van der Waals surface area contributed by atoms with E-state index >= 15 is 0 Å². The Balaban J connectivity index is 1.60. The second kappa shape index (κ2) is 10.6. The molecule has 1 heterocycles. The maximum absolute atomic E-state index is 12.8. The van der Waals surface area contributed by atoms with Crippen molar-refractivity contribution in [3.05, 3.63) is 29.3 Å². The highest BCUT2D eigenvalue weighted by atomic mass is 35.5. The SMILES string of the molecule is O=C(CN(C[C@H]1CCCO1)C(=O)CNS(=O)(=O)c1ccc(Cl)cc1)NC1CCCC1. The lowest BCUT2D eigenvalue weighted by molar-refractivity contribution is -0.136. The van der Waals surface area contributed by atoms with Crippen LogP contribution in [0.1, 0.15) is 38.5 Å². The van der Waals surface area contributed by atoms with E-state index in [1.165, 1.54) is 29.2 Å². The topological polar surface area (TPSA) is 105 Å². The molecule has 1 saturated carbocycles. The Kier molecular flexibility index (Phi) is 8.10. The highest BCUT2D eigenvalue weighted by molar-refractivity contribution is 7.89. The van der Waals surface area contributed by atoms with Crippen molar-refractivity contribution in [3.8, 4) is 0 Å². The van der Waals surface area contributed by atoms with Crippen molar-refractivity contribution in [2.75, 3.05) is 26.2 Å². The van der Waals surface area contributed by atoms with Crippen LogP contribution >= 0.6 is 11.6 Å². The quantitative estimate of drug-likeness (QED) is 0.587. The van der Waals surface area contributed by atoms with Crippen LogP contribution in [0.3, 0.4) is 0 Å². The highest BCUT2D eigenvalue weighted by Crippen LogP contribution is 2.18. The standard InChI is InChI=1S/C20H28ClN3O5S/c21-15-7-9-18(10-8-15)30(27,28)22-12-20(26)24(13-17-6-3-11-29-17)14-19(25)23-16-4-1-2-5-16/h7-10,16-17,22H,1-6,11-14H2,(H,23,25)/t17-/m1/s1. The van der Waals surface area contributed by atoms with Gasteiger partial charge in [-0.2, -0.15) is 0 Å². The molecule has 3 rings (SSSR count). The van der Waals surface area contributed by atoms with Crippen molar-refractivity contribution in [1.82, 2.24) is 14.9 Å². The number of carbonyl (C=O) groups is 2. The van der Waals surface area contributed by atoms with E-state index in [0.29, 0.717) is 11.6 Å². The molecule has 2 aliphatic rings. The van der Waals surface area contributed by atoms with Crippen molar-refractivity contribution in [1.29, 1.82) is 0 Å². The van der Waals surface area contributed by atoms with E-state index in [1.54, 1.807) is 0 Å². The number of ether oxygens (including phenoxy) is 1. The summed E-state index contributed by atoms with van der Waals surface area (Å²) >= 11 is 5.80. The Bertz CT molecular complexity index is 835. The van der Waals surface area contributed by atoms with E-state index in [-0.39, 0.29) is 36.0 Å². The van der Waals surface area contributed by atoms with Gasteiger partial charge < -0.3 is 15.0 Å². The lowest BCUT2D eigenvalue weighted by Gasteiger charge is -2.26. The van der Waals surface area contributed by atoms with Gasteiger partial charge >= 0.3 is 0 Å². The maximum atomic E-state index is 12.8. The Morgan fingerprint density at radius 1 is 1.10 bits per heavy atom. The van der Waals surface area contributed by atoms with Gasteiger partial charge in [-0.1, -0.05) is 24.4 Å². The lowest BCUT2D eigenvalue weighted by atomic mass is 10.2. The predicted molar refractivity (Wildman–Crippen MR) is 113 cm³/mol. The molecule has 8 nitrogen and oxygen atoms in total. The zero-order chi connectivity index (χ0) is 21.6. The minimum atomic E-state index is -3.87. The van der Waals surface area contributed by atoms with Crippen LogP contribution in [0, 0.1) is 0 Å². The number of rotatable bonds is 9. The van der Waals surface area contributed by atoms with Crippen molar-refractivity contribution in [2.24, 2.45) is 0 Å². The molecule has 1 aliphatic carbocycles. The van der Waals surface area contributed by atoms with E-state index in [1.807, 2.05) is 0 Å². The first-order valence-electron chi connectivity index (χ1n) is 10.3. The summed E-state index contributed by atoms with van der Waals surface area (Å²) in [7, 11) is -3.87. The van der Waals surface area contributed by atoms with Crippen LogP contribution in [0.25, 0.3) is 0 Å². The molecular formula is C20H28ClN3O5S. The lowest BCUT2D eigenvalue weighted by Crippen LogP contribution is -2.48. The van der Waals surface area contributed by atoms with Gasteiger partial charge in [0.15, 0.2) is 0 Å². The minimum absolute atomic E-state index is 0.0179. The fraction of sp³-hybridized carbons (Fsp3) is 0.600. The Morgan fingerprint density at radius 3 is 2.43 bits per heavy atom. The molecule has 0 aromatic heterocycles. The Hall–Kier alpha value is -1.68. The number of sulfonamides is 1. The summed E-state index contributed by atoms with van der Waals surface area (Å²) < 4.78 is 32.8. The van der Waals surface area contributed by atoms with Crippen molar-refractivity contribution in [2.45, 2.75) is 55.6 Å². The van der Waals surface area contributed by atoms with Gasteiger partial charge in [0, 0.05) is 24.2 Å². The zero-order valence-corrected chi connectivity index (χ0v) is 18.4. The first-order chi connectivity index (χ1) is 14.3. The smallest absolute Gasteiger partial charge is 0.241 e. The molecule has 1 aromatic rings. The van der Waals surface area contributed by atoms with E-state index in [9.17, 15) is 18.0 Å². The molecule has 30 heavy (non-hydrogen) atoms. The van der Waals surface area contributed by atoms with Crippen LogP contribution in [0.2, 0.25) is 5.02 Å². The molecule has 1 saturated heterocycles. The molecule has 1 atom stereocenters. The summed E-state index contributed by atoms with van der Waals surface area (Å²) in [5.41, 5.74) is 0. The van der Waals surface area contributed by atoms with E-state index in [0.717, 1.165) is 38.5 Å². The van der Waals surface area contributed by atoms with Gasteiger partial charge in [0.1, 0.15) is 0 Å². The highest BCUT2D eigenvalue weighted by Gasteiger charge is 2.27. The molecule has 0 spiro atoms. The molecule has 2 amide bonds. The normalized spacial score (nSPS) is 19.7. The molecular weight excluding hydrogens is 430 g/mol. The van der Waals surface area contributed by atoms with Crippen LogP contribution < -0.4 is 10.0 Å². The molecule has 2 fully saturated rings. The van der Waals surface area contributed by atoms with Gasteiger partial charge in [-0.05, 0) is 49.9 Å².